The molecule has 0 aliphatic heterocycles. The van der Waals surface area contributed by atoms with E-state index in [1.165, 1.54) is 0 Å². The fourth-order valence-electron chi connectivity index (χ4n) is 1.35. The molecule has 0 aliphatic carbocycles. The van der Waals surface area contributed by atoms with E-state index < -0.39 is 5.54 Å². The third-order valence-corrected chi connectivity index (χ3v) is 1.93. The average molecular weight is 200 g/mol. The Bertz CT molecular complexity index is 182. The summed E-state index contributed by atoms with van der Waals surface area (Å²) in [6.45, 7) is 11.6. The number of rotatable bonds is 5. The van der Waals surface area contributed by atoms with Crippen molar-refractivity contribution in [3.05, 3.63) is 0 Å². The van der Waals surface area contributed by atoms with E-state index in [4.69, 9.17) is 5.73 Å². The predicted octanol–water partition coefficient (Wildman–Crippen LogP) is 1.62. The fraction of sp³-hybridized carbons (Fsp3) is 0.909. The highest BCUT2D eigenvalue weighted by Crippen LogP contribution is 2.08. The van der Waals surface area contributed by atoms with Gasteiger partial charge >= 0.3 is 0 Å². The molecule has 0 fully saturated rings. The first-order valence-corrected chi connectivity index (χ1v) is 5.33. The van der Waals surface area contributed by atoms with Crippen molar-refractivity contribution in [3.63, 3.8) is 0 Å². The zero-order chi connectivity index (χ0) is 11.4. The molecule has 0 saturated carbocycles. The molecule has 0 rings (SSSR count). The second-order valence-electron chi connectivity index (χ2n) is 4.99. The van der Waals surface area contributed by atoms with Crippen molar-refractivity contribution in [2.24, 2.45) is 11.7 Å². The molecule has 0 heterocycles. The van der Waals surface area contributed by atoms with Crippen LogP contribution in [0, 0.1) is 5.92 Å². The average Bonchev–Trinajstić information content (AvgIpc) is 1.96. The first kappa shape index (κ1) is 13.4. The minimum Gasteiger partial charge on any atom is -0.343 e. The first-order valence-electron chi connectivity index (χ1n) is 5.33. The molecule has 84 valence electrons. The minimum atomic E-state index is -0.401. The minimum absolute atomic E-state index is 0.161. The lowest BCUT2D eigenvalue weighted by atomic mass is 10.0. The summed E-state index contributed by atoms with van der Waals surface area (Å²) in [5, 5.41) is 0. The van der Waals surface area contributed by atoms with Crippen LogP contribution in [0.2, 0.25) is 0 Å². The maximum Gasteiger partial charge on any atom is 0.224 e. The van der Waals surface area contributed by atoms with Crippen molar-refractivity contribution < 1.29 is 4.79 Å². The van der Waals surface area contributed by atoms with E-state index in [-0.39, 0.29) is 5.91 Å². The third-order valence-electron chi connectivity index (χ3n) is 1.93. The van der Waals surface area contributed by atoms with Gasteiger partial charge in [0.25, 0.3) is 0 Å². The molecule has 0 aromatic rings. The Morgan fingerprint density at radius 1 is 1.43 bits per heavy atom. The van der Waals surface area contributed by atoms with Gasteiger partial charge in [0.1, 0.15) is 0 Å². The van der Waals surface area contributed by atoms with E-state index in [2.05, 4.69) is 13.8 Å². The van der Waals surface area contributed by atoms with Gasteiger partial charge in [-0.2, -0.15) is 0 Å². The van der Waals surface area contributed by atoms with Crippen LogP contribution in [0.3, 0.4) is 0 Å². The lowest BCUT2D eigenvalue weighted by Gasteiger charge is -2.26. The van der Waals surface area contributed by atoms with E-state index in [0.717, 1.165) is 13.1 Å². The molecule has 0 saturated heterocycles. The smallest absolute Gasteiger partial charge is 0.224 e. The number of carbonyl (C=O) groups is 1. The Labute approximate surface area is 87.6 Å². The molecule has 0 radical (unpaired) electrons. The van der Waals surface area contributed by atoms with Crippen LogP contribution in [0.1, 0.15) is 41.0 Å². The van der Waals surface area contributed by atoms with Crippen molar-refractivity contribution >= 4 is 5.91 Å². The molecule has 0 atom stereocenters. The number of carbonyl (C=O) groups excluding carboxylic acids is 1. The van der Waals surface area contributed by atoms with Crippen LogP contribution < -0.4 is 5.73 Å². The Morgan fingerprint density at radius 2 is 1.93 bits per heavy atom. The number of nitrogens with zero attached hydrogens (tertiary/aromatic N) is 1. The number of nitrogens with two attached hydrogens (primary N) is 1. The van der Waals surface area contributed by atoms with Gasteiger partial charge in [-0.3, -0.25) is 4.79 Å². The Hall–Kier alpha value is -0.570. The van der Waals surface area contributed by atoms with Gasteiger partial charge in [-0.15, -0.1) is 0 Å². The highest BCUT2D eigenvalue weighted by Gasteiger charge is 2.20. The molecule has 0 aliphatic rings. The second kappa shape index (κ2) is 5.35. The van der Waals surface area contributed by atoms with Gasteiger partial charge in [-0.25, -0.2) is 0 Å². The van der Waals surface area contributed by atoms with Gasteiger partial charge in [0.2, 0.25) is 5.91 Å². The quantitative estimate of drug-likeness (QED) is 0.733. The van der Waals surface area contributed by atoms with E-state index >= 15 is 0 Å². The van der Waals surface area contributed by atoms with Gasteiger partial charge in [-0.05, 0) is 26.7 Å². The van der Waals surface area contributed by atoms with E-state index in [0.29, 0.717) is 12.3 Å². The van der Waals surface area contributed by atoms with E-state index in [1.807, 2.05) is 25.7 Å². The molecular formula is C11H24N2O. The SMILES string of the molecule is CCN(CC(C)C)C(=O)CC(C)(C)N. The highest BCUT2D eigenvalue weighted by atomic mass is 16.2. The monoisotopic (exact) mass is 200 g/mol. The molecule has 2 N–H and O–H groups in total. The van der Waals surface area contributed by atoms with Gasteiger partial charge in [0.15, 0.2) is 0 Å². The summed E-state index contributed by atoms with van der Waals surface area (Å²) >= 11 is 0. The summed E-state index contributed by atoms with van der Waals surface area (Å²) in [7, 11) is 0. The van der Waals surface area contributed by atoms with Crippen molar-refractivity contribution in [2.45, 2.75) is 46.6 Å². The molecule has 0 spiro atoms. The molecule has 3 heteroatoms. The summed E-state index contributed by atoms with van der Waals surface area (Å²) in [5.41, 5.74) is 5.41. The normalized spacial score (nSPS) is 11.9. The lowest BCUT2D eigenvalue weighted by molar-refractivity contribution is -0.132. The summed E-state index contributed by atoms with van der Waals surface area (Å²) in [4.78, 5) is 13.6. The van der Waals surface area contributed by atoms with Crippen LogP contribution in [0.15, 0.2) is 0 Å². The predicted molar refractivity (Wildman–Crippen MR) is 60.0 cm³/mol. The summed E-state index contributed by atoms with van der Waals surface area (Å²) in [6.07, 6.45) is 0.424. The maximum absolute atomic E-state index is 11.8. The fourth-order valence-corrected chi connectivity index (χ4v) is 1.35. The topological polar surface area (TPSA) is 46.3 Å². The van der Waals surface area contributed by atoms with E-state index in [9.17, 15) is 4.79 Å². The summed E-state index contributed by atoms with van der Waals surface area (Å²) < 4.78 is 0. The third kappa shape index (κ3) is 5.97. The maximum atomic E-state index is 11.8. The van der Waals surface area contributed by atoms with Crippen molar-refractivity contribution in [2.75, 3.05) is 13.1 Å². The summed E-state index contributed by atoms with van der Waals surface area (Å²) in [5.74, 6) is 0.675. The zero-order valence-corrected chi connectivity index (χ0v) is 10.1. The van der Waals surface area contributed by atoms with Crippen molar-refractivity contribution in [1.29, 1.82) is 0 Å². The molecule has 1 amide bonds. The van der Waals surface area contributed by atoms with Crippen LogP contribution >= 0.6 is 0 Å². The van der Waals surface area contributed by atoms with Crippen molar-refractivity contribution in [3.8, 4) is 0 Å². The van der Waals surface area contributed by atoms with Gasteiger partial charge < -0.3 is 10.6 Å². The molecule has 0 aromatic carbocycles. The van der Waals surface area contributed by atoms with Crippen LogP contribution in [-0.4, -0.2) is 29.4 Å². The molecule has 0 bridgehead atoms. The van der Waals surface area contributed by atoms with Crippen LogP contribution in [-0.2, 0) is 4.79 Å². The van der Waals surface area contributed by atoms with Crippen LogP contribution in [0.25, 0.3) is 0 Å². The number of amides is 1. The van der Waals surface area contributed by atoms with Gasteiger partial charge in [0.05, 0.1) is 0 Å². The largest absolute Gasteiger partial charge is 0.343 e. The number of hydrogen-bond donors (Lipinski definition) is 1. The molecular weight excluding hydrogens is 176 g/mol. The van der Waals surface area contributed by atoms with E-state index in [1.54, 1.807) is 0 Å². The van der Waals surface area contributed by atoms with Crippen LogP contribution in [0.5, 0.6) is 0 Å². The standard InChI is InChI=1S/C11H24N2O/c1-6-13(8-9(2)3)10(14)7-11(4,5)12/h9H,6-8,12H2,1-5H3. The molecule has 0 unspecified atom stereocenters. The first-order chi connectivity index (χ1) is 6.26. The van der Waals surface area contributed by atoms with Gasteiger partial charge in [-0.1, -0.05) is 13.8 Å². The Morgan fingerprint density at radius 3 is 2.21 bits per heavy atom. The van der Waals surface area contributed by atoms with Crippen molar-refractivity contribution in [1.82, 2.24) is 4.90 Å². The zero-order valence-electron chi connectivity index (χ0n) is 10.1. The molecule has 3 nitrogen and oxygen atoms in total. The Balaban J connectivity index is 4.18. The Kier molecular flexibility index (Phi) is 5.13. The molecule has 14 heavy (non-hydrogen) atoms. The van der Waals surface area contributed by atoms with Crippen LogP contribution in [0.4, 0.5) is 0 Å². The lowest BCUT2D eigenvalue weighted by Crippen LogP contribution is -2.42. The summed E-state index contributed by atoms with van der Waals surface area (Å²) in [6, 6.07) is 0. The second-order valence-corrected chi connectivity index (χ2v) is 4.99. The highest BCUT2D eigenvalue weighted by molar-refractivity contribution is 5.77. The number of hydrogen-bond acceptors (Lipinski definition) is 2. The molecule has 0 aromatic heterocycles. The van der Waals surface area contributed by atoms with Gasteiger partial charge in [0, 0.05) is 25.0 Å².